The lowest BCUT2D eigenvalue weighted by atomic mass is 10.1. The van der Waals surface area contributed by atoms with Gasteiger partial charge in [0.15, 0.2) is 0 Å². The van der Waals surface area contributed by atoms with E-state index >= 15 is 0 Å². The molecular weight excluding hydrogens is 238 g/mol. The zero-order valence-electron chi connectivity index (χ0n) is 9.46. The van der Waals surface area contributed by atoms with Gasteiger partial charge < -0.3 is 5.73 Å². The summed E-state index contributed by atoms with van der Waals surface area (Å²) in [4.78, 5) is 34.1. The maximum Gasteiger partial charge on any atom is 0.292 e. The number of amides is 2. The van der Waals surface area contributed by atoms with Gasteiger partial charge in [-0.15, -0.1) is 0 Å². The van der Waals surface area contributed by atoms with Gasteiger partial charge in [0.2, 0.25) is 11.8 Å². The van der Waals surface area contributed by atoms with Crippen molar-refractivity contribution < 1.29 is 14.5 Å². The van der Waals surface area contributed by atoms with E-state index in [1.165, 1.54) is 12.1 Å². The lowest BCUT2D eigenvalue weighted by Gasteiger charge is -2.14. The first-order chi connectivity index (χ1) is 8.50. The molecule has 18 heavy (non-hydrogen) atoms. The summed E-state index contributed by atoms with van der Waals surface area (Å²) in [5.74, 6) is -0.545. The minimum atomic E-state index is -0.591. The van der Waals surface area contributed by atoms with E-state index in [-0.39, 0.29) is 42.6 Å². The molecule has 7 heteroatoms. The lowest BCUT2D eigenvalue weighted by molar-refractivity contribution is -0.384. The molecule has 1 heterocycles. The normalized spacial score (nSPS) is 15.2. The molecule has 94 valence electrons. The van der Waals surface area contributed by atoms with Gasteiger partial charge in [0, 0.05) is 24.5 Å². The van der Waals surface area contributed by atoms with Crippen LogP contribution in [0.4, 0.5) is 11.4 Å². The summed E-state index contributed by atoms with van der Waals surface area (Å²) in [7, 11) is 0. The second-order valence-corrected chi connectivity index (χ2v) is 3.98. The highest BCUT2D eigenvalue weighted by Gasteiger charge is 2.29. The van der Waals surface area contributed by atoms with Crippen LogP contribution >= 0.6 is 0 Å². The highest BCUT2D eigenvalue weighted by atomic mass is 16.6. The topological polar surface area (TPSA) is 107 Å². The Bertz CT molecular complexity index is 525. The third-order valence-corrected chi connectivity index (χ3v) is 2.85. The van der Waals surface area contributed by atoms with E-state index in [4.69, 9.17) is 5.73 Å². The summed E-state index contributed by atoms with van der Waals surface area (Å²) >= 11 is 0. The van der Waals surface area contributed by atoms with E-state index < -0.39 is 4.92 Å². The van der Waals surface area contributed by atoms with E-state index in [1.54, 1.807) is 6.07 Å². The number of nitro groups is 1. The molecule has 0 saturated carbocycles. The average Bonchev–Trinajstić information content (AvgIpc) is 2.63. The Hall–Kier alpha value is -2.44. The van der Waals surface area contributed by atoms with Crippen LogP contribution in [0.5, 0.6) is 0 Å². The number of carbonyl (C=O) groups excluding carboxylic acids is 2. The number of para-hydroxylation sites is 1. The summed E-state index contributed by atoms with van der Waals surface area (Å²) < 4.78 is 0. The van der Waals surface area contributed by atoms with Crippen molar-refractivity contribution in [3.8, 4) is 0 Å². The van der Waals surface area contributed by atoms with Crippen LogP contribution in [0, 0.1) is 10.1 Å². The van der Waals surface area contributed by atoms with Gasteiger partial charge in [-0.3, -0.25) is 24.6 Å². The third kappa shape index (κ3) is 2.02. The molecule has 1 fully saturated rings. The molecule has 0 unspecified atom stereocenters. The second kappa shape index (κ2) is 4.44. The Labute approximate surface area is 102 Å². The SMILES string of the molecule is Nc1c(CN2C(=O)CCC2=O)cccc1[N+](=O)[O-]. The third-order valence-electron chi connectivity index (χ3n) is 2.85. The summed E-state index contributed by atoms with van der Waals surface area (Å²) in [5, 5.41) is 10.7. The van der Waals surface area contributed by atoms with Crippen LogP contribution in [-0.4, -0.2) is 21.6 Å². The van der Waals surface area contributed by atoms with E-state index in [2.05, 4.69) is 0 Å². The molecule has 1 aromatic carbocycles. The Balaban J connectivity index is 2.30. The summed E-state index contributed by atoms with van der Waals surface area (Å²) in [6.07, 6.45) is 0.376. The van der Waals surface area contributed by atoms with Gasteiger partial charge in [-0.1, -0.05) is 12.1 Å². The van der Waals surface area contributed by atoms with Crippen molar-refractivity contribution in [3.63, 3.8) is 0 Å². The van der Waals surface area contributed by atoms with Crippen LogP contribution in [0.2, 0.25) is 0 Å². The molecule has 0 atom stereocenters. The molecule has 7 nitrogen and oxygen atoms in total. The number of carbonyl (C=O) groups is 2. The number of hydrogen-bond donors (Lipinski definition) is 1. The number of anilines is 1. The van der Waals surface area contributed by atoms with Crippen LogP contribution < -0.4 is 5.73 Å². The molecule has 0 bridgehead atoms. The van der Waals surface area contributed by atoms with Crippen LogP contribution in [0.15, 0.2) is 18.2 Å². The fourth-order valence-corrected chi connectivity index (χ4v) is 1.87. The van der Waals surface area contributed by atoms with Gasteiger partial charge >= 0.3 is 0 Å². The van der Waals surface area contributed by atoms with Gasteiger partial charge in [-0.2, -0.15) is 0 Å². The number of imide groups is 1. The van der Waals surface area contributed by atoms with Crippen molar-refractivity contribution >= 4 is 23.2 Å². The predicted molar refractivity (Wildman–Crippen MR) is 62.3 cm³/mol. The Morgan fingerprint density at radius 2 is 1.89 bits per heavy atom. The highest BCUT2D eigenvalue weighted by molar-refractivity contribution is 6.01. The molecule has 2 rings (SSSR count). The summed E-state index contributed by atoms with van der Waals surface area (Å²) in [5.41, 5.74) is 5.85. The van der Waals surface area contributed by atoms with E-state index in [9.17, 15) is 19.7 Å². The fraction of sp³-hybridized carbons (Fsp3) is 0.273. The van der Waals surface area contributed by atoms with E-state index in [0.29, 0.717) is 5.56 Å². The molecule has 1 aliphatic rings. The van der Waals surface area contributed by atoms with Crippen LogP contribution in [0.3, 0.4) is 0 Å². The number of nitrogens with two attached hydrogens (primary N) is 1. The van der Waals surface area contributed by atoms with Crippen LogP contribution in [-0.2, 0) is 16.1 Å². The quantitative estimate of drug-likeness (QED) is 0.369. The molecular formula is C11H11N3O4. The van der Waals surface area contributed by atoms with Crippen molar-refractivity contribution in [1.82, 2.24) is 4.90 Å². The van der Waals surface area contributed by atoms with Gasteiger partial charge in [0.05, 0.1) is 11.5 Å². The zero-order chi connectivity index (χ0) is 13.3. The largest absolute Gasteiger partial charge is 0.393 e. The fourth-order valence-electron chi connectivity index (χ4n) is 1.87. The van der Waals surface area contributed by atoms with E-state index in [0.717, 1.165) is 4.90 Å². The first-order valence-electron chi connectivity index (χ1n) is 5.35. The van der Waals surface area contributed by atoms with Gasteiger partial charge in [0.25, 0.3) is 5.69 Å². The smallest absolute Gasteiger partial charge is 0.292 e. The molecule has 0 aliphatic carbocycles. The number of rotatable bonds is 3. The molecule has 0 spiro atoms. The van der Waals surface area contributed by atoms with Crippen molar-refractivity contribution in [2.75, 3.05) is 5.73 Å². The standard InChI is InChI=1S/C11H11N3O4/c12-11-7(2-1-3-8(11)14(17)18)6-13-9(15)4-5-10(13)16/h1-3H,4-6,12H2. The van der Waals surface area contributed by atoms with Crippen molar-refractivity contribution in [2.45, 2.75) is 19.4 Å². The maximum absolute atomic E-state index is 11.4. The summed E-state index contributed by atoms with van der Waals surface area (Å²) in [6.45, 7) is -0.00875. The zero-order valence-corrected chi connectivity index (χ0v) is 9.46. The first kappa shape index (κ1) is 12.0. The van der Waals surface area contributed by atoms with Crippen molar-refractivity contribution in [2.24, 2.45) is 0 Å². The molecule has 2 amide bonds. The minimum Gasteiger partial charge on any atom is -0.393 e. The maximum atomic E-state index is 11.4. The monoisotopic (exact) mass is 249 g/mol. The van der Waals surface area contributed by atoms with Crippen LogP contribution in [0.1, 0.15) is 18.4 Å². The Kier molecular flexibility index (Phi) is 2.97. The van der Waals surface area contributed by atoms with Gasteiger partial charge in [0.1, 0.15) is 5.69 Å². The molecule has 1 aliphatic heterocycles. The van der Waals surface area contributed by atoms with Gasteiger partial charge in [-0.25, -0.2) is 0 Å². The highest BCUT2D eigenvalue weighted by Crippen LogP contribution is 2.27. The molecule has 1 aromatic rings. The minimum absolute atomic E-state index is 0.00463. The second-order valence-electron chi connectivity index (χ2n) is 3.98. The summed E-state index contributed by atoms with van der Waals surface area (Å²) in [6, 6.07) is 4.34. The number of benzene rings is 1. The number of likely N-dealkylation sites (tertiary alicyclic amines) is 1. The lowest BCUT2D eigenvalue weighted by Crippen LogP contribution is -2.28. The predicted octanol–water partition coefficient (Wildman–Crippen LogP) is 0.826. The number of hydrogen-bond acceptors (Lipinski definition) is 5. The molecule has 1 saturated heterocycles. The van der Waals surface area contributed by atoms with E-state index in [1.807, 2.05) is 0 Å². The average molecular weight is 249 g/mol. The molecule has 0 radical (unpaired) electrons. The Morgan fingerprint density at radius 3 is 2.44 bits per heavy atom. The first-order valence-corrected chi connectivity index (χ1v) is 5.35. The van der Waals surface area contributed by atoms with Crippen molar-refractivity contribution in [3.05, 3.63) is 33.9 Å². The number of nitrogens with zero attached hydrogens (tertiary/aromatic N) is 2. The van der Waals surface area contributed by atoms with Crippen LogP contribution in [0.25, 0.3) is 0 Å². The molecule has 2 N–H and O–H groups in total. The van der Waals surface area contributed by atoms with Gasteiger partial charge in [-0.05, 0) is 0 Å². The van der Waals surface area contributed by atoms with Crippen molar-refractivity contribution in [1.29, 1.82) is 0 Å². The Morgan fingerprint density at radius 1 is 1.28 bits per heavy atom. The molecule has 0 aromatic heterocycles. The number of nitro benzene ring substituents is 1. The number of nitrogen functional groups attached to an aromatic ring is 1.